The van der Waals surface area contributed by atoms with Gasteiger partial charge in [-0.15, -0.1) is 0 Å². The summed E-state index contributed by atoms with van der Waals surface area (Å²) in [6.45, 7) is 6.73. The second kappa shape index (κ2) is 1.12. The molecule has 1 rings (SSSR count). The van der Waals surface area contributed by atoms with Crippen molar-refractivity contribution < 1.29 is 0 Å². The number of rotatable bonds is 0. The highest BCUT2D eigenvalue weighted by atomic mass is 14.8. The Hall–Kier alpha value is -0.790. The summed E-state index contributed by atoms with van der Waals surface area (Å²) in [5.74, 6) is 0. The van der Waals surface area contributed by atoms with Crippen molar-refractivity contribution in [2.24, 2.45) is 0 Å². The van der Waals surface area contributed by atoms with Gasteiger partial charge in [-0.2, -0.15) is 0 Å². The fourth-order valence-corrected chi connectivity index (χ4v) is 0.260. The number of hydrogen-bond donors (Lipinski definition) is 1. The largest absolute Gasteiger partial charge is 0.351 e. The maximum Gasteiger partial charge on any atom is 0.0923 e. The van der Waals surface area contributed by atoms with Crippen LogP contribution in [0.5, 0.6) is 0 Å². The molecule has 1 heterocycles. The van der Waals surface area contributed by atoms with E-state index in [1.54, 1.807) is 0 Å². The van der Waals surface area contributed by atoms with E-state index in [-0.39, 0.29) is 5.69 Å². The Labute approximate surface area is 36.2 Å². The van der Waals surface area contributed by atoms with Crippen molar-refractivity contribution in [1.82, 2.24) is 9.97 Å². The average molecular weight is 79.1 g/mol. The van der Waals surface area contributed by atoms with Gasteiger partial charge in [0.2, 0.25) is 0 Å². The molecule has 0 aliphatic carbocycles. The molecule has 0 unspecified atom stereocenters. The van der Waals surface area contributed by atoms with E-state index in [0.717, 1.165) is 0 Å². The van der Waals surface area contributed by atoms with Gasteiger partial charge in [0.05, 0.1) is 18.9 Å². The first-order chi connectivity index (χ1) is 2.89. The Morgan fingerprint density at radius 3 is 2.83 bits per heavy atom. The third-order valence-corrected chi connectivity index (χ3v) is 0.498. The Balaban J connectivity index is 3.05. The quantitative estimate of drug-likeness (QED) is 0.477. The van der Waals surface area contributed by atoms with Crippen molar-refractivity contribution in [1.29, 1.82) is 0 Å². The fourth-order valence-electron chi connectivity index (χ4n) is 0.260. The van der Waals surface area contributed by atoms with Crippen LogP contribution in [0.2, 0.25) is 0 Å². The van der Waals surface area contributed by atoms with Crippen LogP contribution in [0.25, 0.3) is 0 Å². The van der Waals surface area contributed by atoms with E-state index in [1.807, 2.05) is 0 Å². The van der Waals surface area contributed by atoms with Gasteiger partial charge in [0.15, 0.2) is 0 Å². The minimum atomic E-state index is 0.287. The van der Waals surface area contributed by atoms with Crippen molar-refractivity contribution in [2.75, 3.05) is 0 Å². The van der Waals surface area contributed by atoms with Gasteiger partial charge in [0.1, 0.15) is 0 Å². The number of nitrogens with one attached hydrogen (secondary N) is 1. The van der Waals surface area contributed by atoms with E-state index in [1.165, 1.54) is 12.5 Å². The lowest BCUT2D eigenvalue weighted by molar-refractivity contribution is 1.30. The first-order valence-electron chi connectivity index (χ1n) is 1.60. The zero-order chi connectivity index (χ0) is 4.41. The molecule has 1 aromatic rings. The van der Waals surface area contributed by atoms with Crippen LogP contribution in [0.4, 0.5) is 0 Å². The van der Waals surface area contributed by atoms with E-state index in [2.05, 4.69) is 9.97 Å². The zero-order valence-electron chi connectivity index (χ0n) is 3.10. The second-order valence-corrected chi connectivity index (χ2v) is 0.954. The van der Waals surface area contributed by atoms with E-state index < -0.39 is 0 Å². The number of aromatic amines is 1. The van der Waals surface area contributed by atoms with Gasteiger partial charge in [-0.3, -0.25) is 0 Å². The SMILES string of the molecule is [C]c1c[nH]cn1. The smallest absolute Gasteiger partial charge is 0.0923 e. The lowest BCUT2D eigenvalue weighted by atomic mass is 10.6. The van der Waals surface area contributed by atoms with E-state index in [0.29, 0.717) is 0 Å². The molecule has 0 fully saturated rings. The van der Waals surface area contributed by atoms with Crippen LogP contribution in [0.1, 0.15) is 5.69 Å². The van der Waals surface area contributed by atoms with Crippen LogP contribution in [0.15, 0.2) is 12.5 Å². The summed E-state index contributed by atoms with van der Waals surface area (Å²) in [7, 11) is 0. The first kappa shape index (κ1) is 3.40. The summed E-state index contributed by atoms with van der Waals surface area (Å²) >= 11 is 0. The molecule has 2 heteroatoms. The molecule has 0 amide bonds. The highest BCUT2D eigenvalue weighted by molar-refractivity contribution is 4.96. The van der Waals surface area contributed by atoms with Crippen molar-refractivity contribution in [3.8, 4) is 0 Å². The molecule has 0 aromatic carbocycles. The molecule has 1 aromatic heterocycles. The highest BCUT2D eigenvalue weighted by Gasteiger charge is 1.75. The predicted octanol–water partition coefficient (Wildman–Crippen LogP) is 0.346. The maximum absolute atomic E-state index is 6.73. The highest BCUT2D eigenvalue weighted by Crippen LogP contribution is 1.81. The lowest BCUT2D eigenvalue weighted by Crippen LogP contribution is -1.59. The molecule has 0 atom stereocenters. The predicted molar refractivity (Wildman–Crippen MR) is 20.9 cm³/mol. The van der Waals surface area contributed by atoms with E-state index in [9.17, 15) is 0 Å². The second-order valence-electron chi connectivity index (χ2n) is 0.954. The van der Waals surface area contributed by atoms with Crippen LogP contribution in [-0.2, 0) is 0 Å². The topological polar surface area (TPSA) is 28.7 Å². The maximum atomic E-state index is 6.73. The van der Waals surface area contributed by atoms with Gasteiger partial charge in [-0.1, -0.05) is 0 Å². The summed E-state index contributed by atoms with van der Waals surface area (Å²) in [6, 6.07) is 0. The van der Waals surface area contributed by atoms with Gasteiger partial charge in [-0.05, 0) is 0 Å². The third kappa shape index (κ3) is 0.407. The van der Waals surface area contributed by atoms with Crippen LogP contribution < -0.4 is 0 Å². The van der Waals surface area contributed by atoms with Gasteiger partial charge < -0.3 is 4.98 Å². The minimum absolute atomic E-state index is 0.287. The van der Waals surface area contributed by atoms with Crippen molar-refractivity contribution >= 4 is 0 Å². The monoisotopic (exact) mass is 79.0 g/mol. The normalized spacial score (nSPS) is 8.83. The van der Waals surface area contributed by atoms with Crippen LogP contribution in [0.3, 0.4) is 0 Å². The number of nitrogens with zero attached hydrogens (tertiary/aromatic N) is 1. The van der Waals surface area contributed by atoms with Gasteiger partial charge >= 0.3 is 0 Å². The van der Waals surface area contributed by atoms with Crippen molar-refractivity contribution in [2.45, 2.75) is 0 Å². The van der Waals surface area contributed by atoms with Gasteiger partial charge in [0, 0.05) is 6.20 Å². The van der Waals surface area contributed by atoms with E-state index >= 15 is 0 Å². The number of hydrogen-bond acceptors (Lipinski definition) is 1. The molecule has 0 aliphatic rings. The summed E-state index contributed by atoms with van der Waals surface area (Å²) in [4.78, 5) is 6.16. The van der Waals surface area contributed by atoms with Gasteiger partial charge in [-0.25, -0.2) is 4.98 Å². The third-order valence-electron chi connectivity index (χ3n) is 0.498. The van der Waals surface area contributed by atoms with Crippen LogP contribution in [0, 0.1) is 6.92 Å². The van der Waals surface area contributed by atoms with Crippen LogP contribution in [-0.4, -0.2) is 9.97 Å². The Bertz CT molecular complexity index is 109. The molecular formula is C4H3N2. The molecule has 0 spiro atoms. The molecule has 29 valence electrons. The summed E-state index contributed by atoms with van der Waals surface area (Å²) in [5.41, 5.74) is 0.287. The Morgan fingerprint density at radius 2 is 2.67 bits per heavy atom. The Morgan fingerprint density at radius 1 is 1.83 bits per heavy atom. The van der Waals surface area contributed by atoms with Crippen LogP contribution >= 0.6 is 0 Å². The minimum Gasteiger partial charge on any atom is -0.351 e. The summed E-state index contributed by atoms with van der Waals surface area (Å²) in [6.07, 6.45) is 2.99. The molecule has 1 N–H and O–H groups in total. The number of H-pyrrole nitrogens is 1. The number of aromatic nitrogens is 2. The molecule has 2 nitrogen and oxygen atoms in total. The van der Waals surface area contributed by atoms with E-state index in [4.69, 9.17) is 6.92 Å². The molecule has 6 heavy (non-hydrogen) atoms. The Kier molecular flexibility index (Phi) is 0.638. The molecule has 0 saturated carbocycles. The molecule has 3 radical (unpaired) electrons. The molecule has 0 bridgehead atoms. The van der Waals surface area contributed by atoms with Gasteiger partial charge in [0.25, 0.3) is 0 Å². The van der Waals surface area contributed by atoms with Crippen molar-refractivity contribution in [3.63, 3.8) is 0 Å². The summed E-state index contributed by atoms with van der Waals surface area (Å²) in [5, 5.41) is 0. The lowest BCUT2D eigenvalue weighted by Gasteiger charge is -1.62. The fraction of sp³-hybridized carbons (Fsp3) is 0. The average Bonchev–Trinajstić information content (AvgIpc) is 1.86. The first-order valence-corrected chi connectivity index (χ1v) is 1.60. The standard InChI is InChI=1S/C4H3N2/c1-4-2-5-3-6-4/h2-3H,(H,5,6). The van der Waals surface area contributed by atoms with Crippen molar-refractivity contribution in [3.05, 3.63) is 25.1 Å². The molecule has 0 aliphatic heterocycles. The zero-order valence-corrected chi connectivity index (χ0v) is 3.10. The molecular weight excluding hydrogens is 76.1 g/mol. The molecule has 0 saturated heterocycles. The number of imidazole rings is 1. The summed E-state index contributed by atoms with van der Waals surface area (Å²) < 4.78 is 0.